The van der Waals surface area contributed by atoms with E-state index in [1.54, 1.807) is 0 Å². The molecule has 86 valence electrons. The normalized spacial score (nSPS) is 12.4. The first-order chi connectivity index (χ1) is 6.91. The molecule has 14 heavy (non-hydrogen) atoms. The lowest BCUT2D eigenvalue weighted by Gasteiger charge is -2.01. The third-order valence-corrected chi connectivity index (χ3v) is 6.26. The van der Waals surface area contributed by atoms with E-state index in [0.29, 0.717) is 0 Å². The molecule has 0 aromatic carbocycles. The molecular weight excluding hydrogens is 206 g/mol. The fourth-order valence-corrected chi connectivity index (χ4v) is 4.84. The van der Waals surface area contributed by atoms with Gasteiger partial charge in [0.1, 0.15) is 0 Å². The Labute approximate surface area is 94.5 Å². The Morgan fingerprint density at radius 1 is 0.571 bits per heavy atom. The van der Waals surface area contributed by atoms with Gasteiger partial charge in [-0.25, -0.2) is 0 Å². The first-order valence-corrected chi connectivity index (χ1v) is 9.79. The van der Waals surface area contributed by atoms with Crippen LogP contribution in [0.2, 0.25) is 0 Å². The van der Waals surface area contributed by atoms with Crippen molar-refractivity contribution in [2.24, 2.45) is 0 Å². The van der Waals surface area contributed by atoms with E-state index in [2.05, 4.69) is 13.8 Å². The van der Waals surface area contributed by atoms with E-state index in [4.69, 9.17) is 0 Å². The second kappa shape index (κ2) is 13.9. The van der Waals surface area contributed by atoms with Crippen LogP contribution in [0.25, 0.3) is 0 Å². The summed E-state index contributed by atoms with van der Waals surface area (Å²) in [6.45, 7) is 4.58. The third kappa shape index (κ3) is 12.9. The van der Waals surface area contributed by atoms with Gasteiger partial charge < -0.3 is 0 Å². The van der Waals surface area contributed by atoms with Crippen LogP contribution in [0.3, 0.4) is 0 Å². The molecule has 0 saturated heterocycles. The molecule has 0 N–H and O–H groups in total. The van der Waals surface area contributed by atoms with Crippen molar-refractivity contribution in [2.75, 3.05) is 12.3 Å². The summed E-state index contributed by atoms with van der Waals surface area (Å²) in [5.74, 6) is 0. The van der Waals surface area contributed by atoms with E-state index in [-0.39, 0.29) is 0 Å². The maximum Gasteiger partial charge on any atom is -0.0317 e. The van der Waals surface area contributed by atoms with Gasteiger partial charge in [0.25, 0.3) is 0 Å². The van der Waals surface area contributed by atoms with Gasteiger partial charge in [-0.3, -0.25) is 0 Å². The summed E-state index contributed by atoms with van der Waals surface area (Å²) in [5.41, 5.74) is 0. The minimum Gasteiger partial charge on any atom is -0.0993 e. The van der Waals surface area contributed by atoms with E-state index in [1.807, 2.05) is 0 Å². The molecule has 0 aliphatic carbocycles. The van der Waals surface area contributed by atoms with Crippen molar-refractivity contribution in [2.45, 2.75) is 65.2 Å². The Kier molecular flexibility index (Phi) is 14.7. The van der Waals surface area contributed by atoms with Gasteiger partial charge in [0.2, 0.25) is 0 Å². The Morgan fingerprint density at radius 3 is 1.79 bits per heavy atom. The molecule has 2 heteroatoms. The second-order valence-electron chi connectivity index (χ2n) is 3.97. The standard InChI is InChI=1S/C12H28P2/c1-3-5-6-7-8-9-10-12-14-13-11-4-2/h13-14H,3-12H2,1-2H3. The minimum atomic E-state index is 1.27. The van der Waals surface area contributed by atoms with Gasteiger partial charge in [0, 0.05) is 0 Å². The van der Waals surface area contributed by atoms with Gasteiger partial charge in [0.15, 0.2) is 0 Å². The van der Waals surface area contributed by atoms with Crippen LogP contribution < -0.4 is 0 Å². The molecule has 0 saturated carbocycles. The van der Waals surface area contributed by atoms with Gasteiger partial charge in [-0.05, 0) is 18.7 Å². The van der Waals surface area contributed by atoms with Crippen LogP contribution in [0.1, 0.15) is 65.2 Å². The highest BCUT2D eigenvalue weighted by atomic mass is 32.0. The molecule has 0 radical (unpaired) electrons. The summed E-state index contributed by atoms with van der Waals surface area (Å²) >= 11 is 0. The van der Waals surface area contributed by atoms with E-state index < -0.39 is 0 Å². The first kappa shape index (κ1) is 14.9. The van der Waals surface area contributed by atoms with Crippen LogP contribution in [-0.4, -0.2) is 12.3 Å². The molecule has 0 amide bonds. The monoisotopic (exact) mass is 234 g/mol. The summed E-state index contributed by atoms with van der Waals surface area (Å²) in [7, 11) is 2.55. The van der Waals surface area contributed by atoms with E-state index >= 15 is 0 Å². The average Bonchev–Trinajstić information content (AvgIpc) is 2.21. The lowest BCUT2D eigenvalue weighted by Crippen LogP contribution is -1.80. The van der Waals surface area contributed by atoms with E-state index in [9.17, 15) is 0 Å². The highest BCUT2D eigenvalue weighted by Crippen LogP contribution is 2.37. The molecular formula is C12H28P2. The topological polar surface area (TPSA) is 0 Å². The molecule has 2 atom stereocenters. The summed E-state index contributed by atoms with van der Waals surface area (Å²) in [4.78, 5) is 0. The molecule has 0 bridgehead atoms. The van der Waals surface area contributed by atoms with Gasteiger partial charge in [-0.1, -0.05) is 75.3 Å². The predicted octanol–water partition coefficient (Wildman–Crippen LogP) is 5.42. The molecule has 0 spiro atoms. The SMILES string of the molecule is CCCCCCCCCPPCCC. The van der Waals surface area contributed by atoms with Gasteiger partial charge >= 0.3 is 0 Å². The summed E-state index contributed by atoms with van der Waals surface area (Å²) in [6, 6.07) is 0. The third-order valence-electron chi connectivity index (χ3n) is 2.41. The molecule has 0 aliphatic rings. The second-order valence-corrected chi connectivity index (χ2v) is 7.80. The molecule has 0 fully saturated rings. The lowest BCUT2D eigenvalue weighted by atomic mass is 10.1. The zero-order valence-corrected chi connectivity index (χ0v) is 12.1. The summed E-state index contributed by atoms with van der Waals surface area (Å²) in [5, 5.41) is 0. The summed E-state index contributed by atoms with van der Waals surface area (Å²) < 4.78 is 0. The van der Waals surface area contributed by atoms with Crippen molar-refractivity contribution in [1.82, 2.24) is 0 Å². The summed E-state index contributed by atoms with van der Waals surface area (Å²) in [6.07, 6.45) is 14.6. The van der Waals surface area contributed by atoms with Crippen molar-refractivity contribution in [3.8, 4) is 0 Å². The number of rotatable bonds is 11. The predicted molar refractivity (Wildman–Crippen MR) is 74.6 cm³/mol. The molecule has 0 nitrogen and oxygen atoms in total. The van der Waals surface area contributed by atoms with E-state index in [0.717, 1.165) is 0 Å². The Balaban J connectivity index is 2.78. The van der Waals surface area contributed by atoms with Gasteiger partial charge in [-0.15, -0.1) is 0 Å². The van der Waals surface area contributed by atoms with E-state index in [1.165, 1.54) is 80.2 Å². The van der Waals surface area contributed by atoms with Crippen LogP contribution in [0, 0.1) is 0 Å². The highest BCUT2D eigenvalue weighted by molar-refractivity contribution is 8.11. The van der Waals surface area contributed by atoms with Crippen molar-refractivity contribution in [3.05, 3.63) is 0 Å². The first-order valence-electron chi connectivity index (χ1n) is 6.37. The fourth-order valence-electron chi connectivity index (χ4n) is 1.47. The smallest absolute Gasteiger partial charge is 0.0317 e. The number of hydrogen-bond acceptors (Lipinski definition) is 0. The zero-order chi connectivity index (χ0) is 10.5. The lowest BCUT2D eigenvalue weighted by molar-refractivity contribution is 0.603. The molecule has 0 aliphatic heterocycles. The largest absolute Gasteiger partial charge is 0.0993 e. The molecule has 0 aromatic heterocycles. The molecule has 0 aromatic rings. The molecule has 0 heterocycles. The van der Waals surface area contributed by atoms with Crippen LogP contribution in [0.5, 0.6) is 0 Å². The highest BCUT2D eigenvalue weighted by Gasteiger charge is 1.91. The maximum absolute atomic E-state index is 2.30. The van der Waals surface area contributed by atoms with Gasteiger partial charge in [0.05, 0.1) is 0 Å². The average molecular weight is 234 g/mol. The molecule has 2 unspecified atom stereocenters. The van der Waals surface area contributed by atoms with Crippen molar-refractivity contribution in [1.29, 1.82) is 0 Å². The van der Waals surface area contributed by atoms with Crippen molar-refractivity contribution >= 4 is 16.5 Å². The zero-order valence-electron chi connectivity index (χ0n) is 10.1. The van der Waals surface area contributed by atoms with Crippen LogP contribution in [0.4, 0.5) is 0 Å². The number of hydrogen-bond donors (Lipinski definition) is 0. The van der Waals surface area contributed by atoms with Crippen molar-refractivity contribution in [3.63, 3.8) is 0 Å². The van der Waals surface area contributed by atoms with Crippen molar-refractivity contribution < 1.29 is 0 Å². The fraction of sp³-hybridized carbons (Fsp3) is 1.00. The Bertz CT molecular complexity index is 82.3. The Hall–Kier alpha value is 0.860. The quantitative estimate of drug-likeness (QED) is 0.331. The van der Waals surface area contributed by atoms with Crippen LogP contribution in [0.15, 0.2) is 0 Å². The molecule has 0 rings (SSSR count). The maximum atomic E-state index is 2.30. The number of unbranched alkanes of at least 4 members (excludes halogenated alkanes) is 6. The Morgan fingerprint density at radius 2 is 1.14 bits per heavy atom. The minimum absolute atomic E-state index is 1.27. The van der Waals surface area contributed by atoms with Crippen LogP contribution >= 0.6 is 16.5 Å². The van der Waals surface area contributed by atoms with Gasteiger partial charge in [-0.2, -0.15) is 0 Å². The van der Waals surface area contributed by atoms with Crippen LogP contribution in [-0.2, 0) is 0 Å².